The van der Waals surface area contributed by atoms with Crippen LogP contribution in [-0.2, 0) is 17.6 Å². The number of thioether (sulfide) groups is 1. The summed E-state index contributed by atoms with van der Waals surface area (Å²) in [7, 11) is 0. The maximum Gasteiger partial charge on any atom is 0.335 e. The van der Waals surface area contributed by atoms with Crippen molar-refractivity contribution in [2.45, 2.75) is 24.4 Å². The zero-order chi connectivity index (χ0) is 23.8. The SMILES string of the molecule is O=C(CSc1nc2sc3c(c2c(=O)n1-c1ccc(Cl)cc1)CCC3)Nc1ccc(C(=O)O)cc1. The Hall–Kier alpha value is -3.14. The number of nitrogens with one attached hydrogen (secondary N) is 1. The Kier molecular flexibility index (Phi) is 6.16. The van der Waals surface area contributed by atoms with E-state index in [9.17, 15) is 14.4 Å². The van der Waals surface area contributed by atoms with Crippen molar-refractivity contribution < 1.29 is 14.7 Å². The van der Waals surface area contributed by atoms with Crippen LogP contribution in [0.1, 0.15) is 27.2 Å². The molecule has 10 heteroatoms. The highest BCUT2D eigenvalue weighted by Gasteiger charge is 2.24. The average molecular weight is 512 g/mol. The number of hydrogen-bond donors (Lipinski definition) is 2. The van der Waals surface area contributed by atoms with Gasteiger partial charge in [0.25, 0.3) is 5.56 Å². The summed E-state index contributed by atoms with van der Waals surface area (Å²) in [6.45, 7) is 0. The van der Waals surface area contributed by atoms with Crippen LogP contribution >= 0.6 is 34.7 Å². The fourth-order valence-electron chi connectivity index (χ4n) is 3.96. The lowest BCUT2D eigenvalue weighted by atomic mass is 10.2. The molecule has 0 saturated heterocycles. The number of carboxylic acids is 1. The number of carbonyl (C=O) groups is 2. The van der Waals surface area contributed by atoms with Crippen molar-refractivity contribution in [3.8, 4) is 5.69 Å². The number of carbonyl (C=O) groups excluding carboxylic acids is 1. The lowest BCUT2D eigenvalue weighted by Crippen LogP contribution is -2.23. The maximum absolute atomic E-state index is 13.6. The molecule has 0 saturated carbocycles. The molecule has 4 aromatic rings. The van der Waals surface area contributed by atoms with Crippen molar-refractivity contribution in [1.82, 2.24) is 9.55 Å². The van der Waals surface area contributed by atoms with E-state index < -0.39 is 5.97 Å². The number of nitrogens with zero attached hydrogens (tertiary/aromatic N) is 2. The minimum atomic E-state index is -1.03. The summed E-state index contributed by atoms with van der Waals surface area (Å²) in [6.07, 6.45) is 2.88. The fourth-order valence-corrected chi connectivity index (χ4v) is 6.20. The quantitative estimate of drug-likeness (QED) is 0.278. The van der Waals surface area contributed by atoms with E-state index in [0.717, 1.165) is 24.8 Å². The lowest BCUT2D eigenvalue weighted by molar-refractivity contribution is -0.113. The molecule has 1 amide bonds. The van der Waals surface area contributed by atoms with Crippen LogP contribution in [0.2, 0.25) is 5.02 Å². The monoisotopic (exact) mass is 511 g/mol. The number of amides is 1. The highest BCUT2D eigenvalue weighted by atomic mass is 35.5. The van der Waals surface area contributed by atoms with Crippen LogP contribution in [-0.4, -0.2) is 32.3 Å². The van der Waals surface area contributed by atoms with E-state index in [0.29, 0.717) is 31.8 Å². The summed E-state index contributed by atoms with van der Waals surface area (Å²) in [5, 5.41) is 13.4. The van der Waals surface area contributed by atoms with E-state index in [1.165, 1.54) is 40.9 Å². The molecule has 0 bridgehead atoms. The van der Waals surface area contributed by atoms with E-state index in [1.807, 2.05) is 0 Å². The van der Waals surface area contributed by atoms with Crippen LogP contribution in [0, 0.1) is 0 Å². The molecule has 1 aliphatic carbocycles. The highest BCUT2D eigenvalue weighted by molar-refractivity contribution is 7.99. The third-order valence-corrected chi connectivity index (χ3v) is 7.92. The number of hydrogen-bond acceptors (Lipinski definition) is 6. The van der Waals surface area contributed by atoms with Crippen LogP contribution in [0.25, 0.3) is 15.9 Å². The van der Waals surface area contributed by atoms with Crippen LogP contribution < -0.4 is 10.9 Å². The van der Waals surface area contributed by atoms with Crippen LogP contribution in [0.4, 0.5) is 5.69 Å². The molecule has 0 spiro atoms. The highest BCUT2D eigenvalue weighted by Crippen LogP contribution is 2.36. The second kappa shape index (κ2) is 9.25. The molecule has 2 N–H and O–H groups in total. The largest absolute Gasteiger partial charge is 0.478 e. The molecule has 2 aromatic heterocycles. The van der Waals surface area contributed by atoms with Crippen LogP contribution in [0.5, 0.6) is 0 Å². The standard InChI is InChI=1S/C24H18ClN3O4S2/c25-14-6-10-16(11-7-14)28-22(30)20-17-2-1-3-18(17)34-21(20)27-24(28)33-12-19(29)26-15-8-4-13(5-9-15)23(31)32/h4-11H,1-3,12H2,(H,26,29)(H,31,32). The second-order valence-corrected chi connectivity index (χ2v) is 10.2. The Balaban J connectivity index is 1.45. The van der Waals surface area contributed by atoms with Gasteiger partial charge in [-0.05, 0) is 73.4 Å². The molecular formula is C24H18ClN3O4S2. The second-order valence-electron chi connectivity index (χ2n) is 7.77. The molecule has 0 unspecified atom stereocenters. The first kappa shape index (κ1) is 22.6. The number of aromatic nitrogens is 2. The first-order valence-electron chi connectivity index (χ1n) is 10.5. The summed E-state index contributed by atoms with van der Waals surface area (Å²) in [4.78, 5) is 43.9. The van der Waals surface area contributed by atoms with Gasteiger partial charge in [0.15, 0.2) is 5.16 Å². The fraction of sp³-hybridized carbons (Fsp3) is 0.167. The first-order valence-corrected chi connectivity index (χ1v) is 12.7. The van der Waals surface area contributed by atoms with Crippen molar-refractivity contribution in [1.29, 1.82) is 0 Å². The summed E-state index contributed by atoms with van der Waals surface area (Å²) in [5.74, 6) is -1.30. The number of aromatic carboxylic acids is 1. The molecular weight excluding hydrogens is 494 g/mol. The van der Waals surface area contributed by atoms with E-state index >= 15 is 0 Å². The number of thiophene rings is 1. The number of anilines is 1. The van der Waals surface area contributed by atoms with Gasteiger partial charge in [0, 0.05) is 15.6 Å². The van der Waals surface area contributed by atoms with Crippen LogP contribution in [0.15, 0.2) is 58.5 Å². The van der Waals surface area contributed by atoms with Gasteiger partial charge in [0.05, 0.1) is 22.4 Å². The van der Waals surface area contributed by atoms with Gasteiger partial charge in [-0.15, -0.1) is 11.3 Å². The Labute approximate surface area is 207 Å². The molecule has 172 valence electrons. The molecule has 0 atom stereocenters. The Morgan fingerprint density at radius 3 is 2.56 bits per heavy atom. The summed E-state index contributed by atoms with van der Waals surface area (Å²) in [6, 6.07) is 12.9. The number of halogens is 1. The summed E-state index contributed by atoms with van der Waals surface area (Å²) >= 11 is 8.77. The molecule has 0 radical (unpaired) electrons. The van der Waals surface area contributed by atoms with Crippen molar-refractivity contribution in [2.75, 3.05) is 11.1 Å². The first-order chi connectivity index (χ1) is 16.4. The number of benzene rings is 2. The van der Waals surface area contributed by atoms with Gasteiger partial charge >= 0.3 is 5.97 Å². The minimum absolute atomic E-state index is 0.0251. The minimum Gasteiger partial charge on any atom is -0.478 e. The molecule has 1 aliphatic rings. The average Bonchev–Trinajstić information content (AvgIpc) is 3.40. The molecule has 5 rings (SSSR count). The zero-order valence-corrected chi connectivity index (χ0v) is 20.1. The predicted molar refractivity (Wildman–Crippen MR) is 135 cm³/mol. The summed E-state index contributed by atoms with van der Waals surface area (Å²) < 4.78 is 1.55. The maximum atomic E-state index is 13.6. The third kappa shape index (κ3) is 4.34. The molecule has 7 nitrogen and oxygen atoms in total. The number of aryl methyl sites for hydroxylation is 2. The van der Waals surface area contributed by atoms with E-state index in [-0.39, 0.29) is 22.8 Å². The van der Waals surface area contributed by atoms with Crippen molar-refractivity contribution in [3.05, 3.63) is 79.9 Å². The van der Waals surface area contributed by atoms with Gasteiger partial charge in [0.1, 0.15) is 4.83 Å². The van der Waals surface area contributed by atoms with Gasteiger partial charge in [-0.1, -0.05) is 23.4 Å². The Morgan fingerprint density at radius 2 is 1.85 bits per heavy atom. The van der Waals surface area contributed by atoms with Gasteiger partial charge in [-0.2, -0.15) is 0 Å². The predicted octanol–water partition coefficient (Wildman–Crippen LogP) is 5.02. The van der Waals surface area contributed by atoms with Crippen LogP contribution in [0.3, 0.4) is 0 Å². The van der Waals surface area contributed by atoms with E-state index in [4.69, 9.17) is 21.7 Å². The van der Waals surface area contributed by atoms with Crippen molar-refractivity contribution in [3.63, 3.8) is 0 Å². The number of carboxylic acid groups (broad SMARTS) is 1. The van der Waals surface area contributed by atoms with Gasteiger partial charge in [-0.25, -0.2) is 9.78 Å². The normalized spacial score (nSPS) is 12.6. The number of rotatable bonds is 6. The molecule has 0 aliphatic heterocycles. The lowest BCUT2D eigenvalue weighted by Gasteiger charge is -2.13. The molecule has 0 fully saturated rings. The zero-order valence-electron chi connectivity index (χ0n) is 17.7. The number of fused-ring (bicyclic) bond motifs is 3. The topological polar surface area (TPSA) is 101 Å². The molecule has 34 heavy (non-hydrogen) atoms. The summed E-state index contributed by atoms with van der Waals surface area (Å²) in [5.41, 5.74) is 2.22. The van der Waals surface area contributed by atoms with Gasteiger partial charge < -0.3 is 10.4 Å². The third-order valence-electron chi connectivity index (χ3n) is 5.54. The Bertz CT molecular complexity index is 1480. The van der Waals surface area contributed by atoms with Gasteiger partial charge in [-0.3, -0.25) is 14.2 Å². The van der Waals surface area contributed by atoms with Gasteiger partial charge in [0.2, 0.25) is 5.91 Å². The van der Waals surface area contributed by atoms with Crippen molar-refractivity contribution >= 4 is 62.5 Å². The van der Waals surface area contributed by atoms with E-state index in [2.05, 4.69) is 5.32 Å². The smallest absolute Gasteiger partial charge is 0.335 e. The molecule has 2 aromatic carbocycles. The van der Waals surface area contributed by atoms with E-state index in [1.54, 1.807) is 40.2 Å². The van der Waals surface area contributed by atoms with Crippen molar-refractivity contribution in [2.24, 2.45) is 0 Å². The Morgan fingerprint density at radius 1 is 1.12 bits per heavy atom. The molecule has 2 heterocycles.